The van der Waals surface area contributed by atoms with Crippen molar-refractivity contribution in [3.05, 3.63) is 53.5 Å². The van der Waals surface area contributed by atoms with Crippen LogP contribution in [0.25, 0.3) is 0 Å². The Balaban J connectivity index is 2.19. The number of rotatable bonds is 2. The summed E-state index contributed by atoms with van der Waals surface area (Å²) >= 11 is 0. The number of nitrogens with zero attached hydrogens (tertiary/aromatic N) is 1. The summed E-state index contributed by atoms with van der Waals surface area (Å²) in [6.07, 6.45) is 1.47. The van der Waals surface area contributed by atoms with Crippen LogP contribution in [-0.4, -0.2) is 5.91 Å². The molecule has 0 spiro atoms. The number of carbonyl (C=O) groups is 1. The van der Waals surface area contributed by atoms with E-state index in [1.807, 2.05) is 6.07 Å². The number of nitrogens with one attached hydrogen (secondary N) is 1. The van der Waals surface area contributed by atoms with Crippen LogP contribution in [0, 0.1) is 18.3 Å². The highest BCUT2D eigenvalue weighted by Gasteiger charge is 2.12. The normalized spacial score (nSPS) is 9.65. The maximum atomic E-state index is 11.8. The van der Waals surface area contributed by atoms with E-state index in [0.717, 1.165) is 5.56 Å². The van der Waals surface area contributed by atoms with Gasteiger partial charge >= 0.3 is 0 Å². The predicted octanol–water partition coefficient (Wildman–Crippen LogP) is 2.71. The van der Waals surface area contributed by atoms with Crippen LogP contribution < -0.4 is 5.32 Å². The lowest BCUT2D eigenvalue weighted by atomic mass is 10.2. The summed E-state index contributed by atoms with van der Waals surface area (Å²) in [5.41, 5.74) is 1.85. The van der Waals surface area contributed by atoms with Crippen molar-refractivity contribution in [1.29, 1.82) is 5.26 Å². The van der Waals surface area contributed by atoms with E-state index in [9.17, 15) is 4.79 Å². The monoisotopic (exact) mass is 226 g/mol. The highest BCUT2D eigenvalue weighted by atomic mass is 16.3. The van der Waals surface area contributed by atoms with E-state index < -0.39 is 0 Å². The van der Waals surface area contributed by atoms with Gasteiger partial charge in [-0.25, -0.2) is 0 Å². The van der Waals surface area contributed by atoms with Gasteiger partial charge in [-0.3, -0.25) is 4.79 Å². The lowest BCUT2D eigenvalue weighted by Crippen LogP contribution is -2.12. The number of nitriles is 1. The number of carbonyl (C=O) groups excluding carboxylic acids is 1. The summed E-state index contributed by atoms with van der Waals surface area (Å²) in [4.78, 5) is 11.8. The van der Waals surface area contributed by atoms with Gasteiger partial charge in [0.05, 0.1) is 17.9 Å². The molecule has 0 radical (unpaired) electrons. The number of anilines is 1. The zero-order valence-electron chi connectivity index (χ0n) is 9.23. The molecule has 84 valence electrons. The van der Waals surface area contributed by atoms with Crippen molar-refractivity contribution >= 4 is 11.6 Å². The molecule has 0 bridgehead atoms. The molecule has 0 aliphatic rings. The first kappa shape index (κ1) is 11.0. The zero-order chi connectivity index (χ0) is 12.3. The van der Waals surface area contributed by atoms with E-state index in [2.05, 4.69) is 5.32 Å². The lowest BCUT2D eigenvalue weighted by molar-refractivity contribution is 0.0996. The molecule has 1 heterocycles. The van der Waals surface area contributed by atoms with Crippen molar-refractivity contribution < 1.29 is 9.21 Å². The van der Waals surface area contributed by atoms with E-state index in [1.165, 1.54) is 6.26 Å². The van der Waals surface area contributed by atoms with Crippen molar-refractivity contribution in [3.8, 4) is 6.07 Å². The number of benzene rings is 1. The largest absolute Gasteiger partial charge is 0.459 e. The SMILES string of the molecule is Cc1ccoc1C(=O)Nc1cccc(C#N)c1. The molecule has 4 heteroatoms. The molecule has 1 aromatic carbocycles. The zero-order valence-corrected chi connectivity index (χ0v) is 9.23. The van der Waals surface area contributed by atoms with E-state index in [0.29, 0.717) is 11.3 Å². The fourth-order valence-electron chi connectivity index (χ4n) is 1.46. The highest BCUT2D eigenvalue weighted by Crippen LogP contribution is 2.14. The highest BCUT2D eigenvalue weighted by molar-refractivity contribution is 6.03. The van der Waals surface area contributed by atoms with Crippen molar-refractivity contribution in [1.82, 2.24) is 0 Å². The Morgan fingerprint density at radius 1 is 1.41 bits per heavy atom. The van der Waals surface area contributed by atoms with Gasteiger partial charge in [-0.1, -0.05) is 6.07 Å². The Morgan fingerprint density at radius 3 is 2.88 bits per heavy atom. The first-order chi connectivity index (χ1) is 8.20. The van der Waals surface area contributed by atoms with E-state index >= 15 is 0 Å². The maximum Gasteiger partial charge on any atom is 0.291 e. The summed E-state index contributed by atoms with van der Waals surface area (Å²) in [7, 11) is 0. The molecule has 0 saturated heterocycles. The van der Waals surface area contributed by atoms with Gasteiger partial charge in [0.15, 0.2) is 5.76 Å². The Hall–Kier alpha value is -2.54. The molecule has 0 aliphatic carbocycles. The van der Waals surface area contributed by atoms with E-state index in [1.54, 1.807) is 37.3 Å². The molecule has 1 N–H and O–H groups in total. The average molecular weight is 226 g/mol. The van der Waals surface area contributed by atoms with Crippen LogP contribution in [0.2, 0.25) is 0 Å². The number of aryl methyl sites for hydroxylation is 1. The van der Waals surface area contributed by atoms with Crippen molar-refractivity contribution in [3.63, 3.8) is 0 Å². The van der Waals surface area contributed by atoms with Gasteiger partial charge in [0.2, 0.25) is 0 Å². The van der Waals surface area contributed by atoms with Crippen LogP contribution in [0.5, 0.6) is 0 Å². The molecule has 17 heavy (non-hydrogen) atoms. The third-order valence-corrected chi connectivity index (χ3v) is 2.32. The van der Waals surface area contributed by atoms with Gasteiger partial charge in [-0.2, -0.15) is 5.26 Å². The van der Waals surface area contributed by atoms with Gasteiger partial charge in [0.25, 0.3) is 5.91 Å². The Labute approximate surface area is 98.5 Å². The van der Waals surface area contributed by atoms with E-state index in [-0.39, 0.29) is 11.7 Å². The van der Waals surface area contributed by atoms with Crippen LogP contribution >= 0.6 is 0 Å². The second kappa shape index (κ2) is 4.54. The fourth-order valence-corrected chi connectivity index (χ4v) is 1.46. The smallest absolute Gasteiger partial charge is 0.291 e. The van der Waals surface area contributed by atoms with Gasteiger partial charge in [0, 0.05) is 11.3 Å². The van der Waals surface area contributed by atoms with Crippen LogP contribution in [0.3, 0.4) is 0 Å². The average Bonchev–Trinajstić information content (AvgIpc) is 2.76. The summed E-state index contributed by atoms with van der Waals surface area (Å²) in [5, 5.41) is 11.4. The molecule has 0 fully saturated rings. The minimum absolute atomic E-state index is 0.285. The Bertz CT molecular complexity index is 593. The van der Waals surface area contributed by atoms with Crippen LogP contribution in [0.1, 0.15) is 21.7 Å². The third-order valence-electron chi connectivity index (χ3n) is 2.32. The standard InChI is InChI=1S/C13H10N2O2/c1-9-5-6-17-12(9)13(16)15-11-4-2-3-10(7-11)8-14/h2-7H,1H3,(H,15,16). The molecule has 0 atom stereocenters. The lowest BCUT2D eigenvalue weighted by Gasteiger charge is -2.03. The molecule has 1 aromatic heterocycles. The van der Waals surface area contributed by atoms with Gasteiger partial charge in [-0.15, -0.1) is 0 Å². The second-order valence-electron chi connectivity index (χ2n) is 3.58. The third kappa shape index (κ3) is 2.34. The van der Waals surface area contributed by atoms with Crippen molar-refractivity contribution in [2.45, 2.75) is 6.92 Å². The first-order valence-corrected chi connectivity index (χ1v) is 5.06. The van der Waals surface area contributed by atoms with Crippen molar-refractivity contribution in [2.24, 2.45) is 0 Å². The molecule has 0 aliphatic heterocycles. The number of amides is 1. The first-order valence-electron chi connectivity index (χ1n) is 5.06. The van der Waals surface area contributed by atoms with Gasteiger partial charge < -0.3 is 9.73 Å². The molecule has 0 saturated carbocycles. The van der Waals surface area contributed by atoms with Gasteiger partial charge in [0.1, 0.15) is 0 Å². The number of hydrogen-bond acceptors (Lipinski definition) is 3. The maximum absolute atomic E-state index is 11.8. The topological polar surface area (TPSA) is 66.0 Å². The number of hydrogen-bond donors (Lipinski definition) is 1. The molecular formula is C13H10N2O2. The van der Waals surface area contributed by atoms with Crippen LogP contribution in [0.4, 0.5) is 5.69 Å². The molecule has 1 amide bonds. The quantitative estimate of drug-likeness (QED) is 0.856. The number of furan rings is 1. The minimum atomic E-state index is -0.317. The Morgan fingerprint density at radius 2 is 2.24 bits per heavy atom. The van der Waals surface area contributed by atoms with Crippen LogP contribution in [0.15, 0.2) is 41.0 Å². The molecular weight excluding hydrogens is 216 g/mol. The molecule has 2 aromatic rings. The summed E-state index contributed by atoms with van der Waals surface area (Å²) in [6.45, 7) is 1.80. The fraction of sp³-hybridized carbons (Fsp3) is 0.0769. The molecule has 4 nitrogen and oxygen atoms in total. The van der Waals surface area contributed by atoms with Crippen LogP contribution in [-0.2, 0) is 0 Å². The molecule has 0 unspecified atom stereocenters. The minimum Gasteiger partial charge on any atom is -0.459 e. The summed E-state index contributed by atoms with van der Waals surface area (Å²) in [6, 6.07) is 10.4. The Kier molecular flexibility index (Phi) is 2.93. The predicted molar refractivity (Wildman–Crippen MR) is 62.6 cm³/mol. The summed E-state index contributed by atoms with van der Waals surface area (Å²) < 4.78 is 5.08. The van der Waals surface area contributed by atoms with Crippen molar-refractivity contribution in [2.75, 3.05) is 5.32 Å². The van der Waals surface area contributed by atoms with E-state index in [4.69, 9.17) is 9.68 Å². The second-order valence-corrected chi connectivity index (χ2v) is 3.58. The van der Waals surface area contributed by atoms with Gasteiger partial charge in [-0.05, 0) is 31.2 Å². The summed E-state index contributed by atoms with van der Waals surface area (Å²) in [5.74, 6) is -0.0325. The molecule has 2 rings (SSSR count).